The summed E-state index contributed by atoms with van der Waals surface area (Å²) in [5, 5.41) is 1.25. The summed E-state index contributed by atoms with van der Waals surface area (Å²) in [6, 6.07) is 8.62. The van der Waals surface area contributed by atoms with Gasteiger partial charge >= 0.3 is 0 Å². The highest BCUT2D eigenvalue weighted by Gasteiger charge is 2.17. The molecule has 88 valence electrons. The van der Waals surface area contributed by atoms with Crippen LogP contribution in [0.3, 0.4) is 0 Å². The van der Waals surface area contributed by atoms with Crippen molar-refractivity contribution >= 4 is 28.4 Å². The Kier molecular flexibility index (Phi) is 2.57. The summed E-state index contributed by atoms with van der Waals surface area (Å²) >= 11 is 5.98. The van der Waals surface area contributed by atoms with Gasteiger partial charge in [-0.25, -0.2) is 9.97 Å². The first-order valence-electron chi connectivity index (χ1n) is 5.25. The molecule has 2 aromatic heterocycles. The van der Waals surface area contributed by atoms with Gasteiger partial charge in [0.05, 0.1) is 5.02 Å². The van der Waals surface area contributed by atoms with Crippen LogP contribution in [0.2, 0.25) is 5.02 Å². The summed E-state index contributed by atoms with van der Waals surface area (Å²) < 4.78 is 5.45. The van der Waals surface area contributed by atoms with Gasteiger partial charge < -0.3 is 4.42 Å². The molecule has 0 aliphatic rings. The average molecular weight is 259 g/mol. The van der Waals surface area contributed by atoms with Crippen LogP contribution in [0.4, 0.5) is 0 Å². The lowest BCUT2D eigenvalue weighted by molar-refractivity contribution is 0.100. The summed E-state index contributed by atoms with van der Waals surface area (Å²) in [6.45, 7) is 0. The molecule has 0 bridgehead atoms. The SMILES string of the molecule is O=C(c1ncccn1)c1cc2cccc(Cl)c2o1. The second-order valence-electron chi connectivity index (χ2n) is 3.67. The Morgan fingerprint density at radius 1 is 1.17 bits per heavy atom. The zero-order valence-corrected chi connectivity index (χ0v) is 9.89. The van der Waals surface area contributed by atoms with Crippen molar-refractivity contribution < 1.29 is 9.21 Å². The fourth-order valence-corrected chi connectivity index (χ4v) is 1.89. The number of nitrogens with zero attached hydrogens (tertiary/aromatic N) is 2. The number of fused-ring (bicyclic) bond motifs is 1. The maximum Gasteiger partial charge on any atom is 0.265 e. The van der Waals surface area contributed by atoms with Gasteiger partial charge in [-0.05, 0) is 18.2 Å². The van der Waals surface area contributed by atoms with Crippen molar-refractivity contribution in [3.8, 4) is 0 Å². The maximum atomic E-state index is 12.1. The number of carbonyl (C=O) groups is 1. The summed E-state index contributed by atoms with van der Waals surface area (Å²) in [4.78, 5) is 19.9. The van der Waals surface area contributed by atoms with Crippen molar-refractivity contribution in [1.29, 1.82) is 0 Å². The van der Waals surface area contributed by atoms with Crippen LogP contribution in [0.1, 0.15) is 16.4 Å². The highest BCUT2D eigenvalue weighted by atomic mass is 35.5. The van der Waals surface area contributed by atoms with Gasteiger partial charge in [0.15, 0.2) is 11.3 Å². The van der Waals surface area contributed by atoms with Crippen molar-refractivity contribution in [3.63, 3.8) is 0 Å². The molecule has 0 aliphatic heterocycles. The summed E-state index contributed by atoms with van der Waals surface area (Å²) in [5.74, 6) is -0.0696. The number of hydrogen-bond donors (Lipinski definition) is 0. The van der Waals surface area contributed by atoms with E-state index in [1.807, 2.05) is 6.07 Å². The summed E-state index contributed by atoms with van der Waals surface area (Å²) in [5.41, 5.74) is 0.499. The van der Waals surface area contributed by atoms with Crippen LogP contribution < -0.4 is 0 Å². The number of rotatable bonds is 2. The molecule has 0 unspecified atom stereocenters. The van der Waals surface area contributed by atoms with Gasteiger partial charge in [-0.1, -0.05) is 23.7 Å². The molecule has 0 saturated heterocycles. The minimum atomic E-state index is -0.358. The van der Waals surface area contributed by atoms with E-state index in [1.165, 1.54) is 12.4 Å². The lowest BCUT2D eigenvalue weighted by Crippen LogP contribution is -2.04. The Bertz CT molecular complexity index is 722. The molecule has 1 aromatic carbocycles. The van der Waals surface area contributed by atoms with Crippen molar-refractivity contribution in [2.24, 2.45) is 0 Å². The number of carbonyl (C=O) groups excluding carboxylic acids is 1. The quantitative estimate of drug-likeness (QED) is 0.663. The number of furan rings is 1. The zero-order valence-electron chi connectivity index (χ0n) is 9.13. The van der Waals surface area contributed by atoms with E-state index >= 15 is 0 Å². The van der Waals surface area contributed by atoms with E-state index in [0.717, 1.165) is 5.39 Å². The standard InChI is InChI=1S/C13H7ClN2O2/c14-9-4-1-3-8-7-10(18-12(8)9)11(17)13-15-5-2-6-16-13/h1-7H. The van der Waals surface area contributed by atoms with E-state index < -0.39 is 0 Å². The fourth-order valence-electron chi connectivity index (χ4n) is 1.67. The average Bonchev–Trinajstić information content (AvgIpc) is 2.84. The molecule has 0 aliphatic carbocycles. The minimum absolute atomic E-state index is 0.104. The van der Waals surface area contributed by atoms with Crippen LogP contribution in [-0.2, 0) is 0 Å². The lowest BCUT2D eigenvalue weighted by Gasteiger charge is -1.93. The number of benzene rings is 1. The van der Waals surface area contributed by atoms with Crippen molar-refractivity contribution in [2.45, 2.75) is 0 Å². The van der Waals surface area contributed by atoms with Crippen LogP contribution in [0, 0.1) is 0 Å². The molecule has 18 heavy (non-hydrogen) atoms. The molecule has 0 spiro atoms. The summed E-state index contributed by atoms with van der Waals surface area (Å²) in [6.07, 6.45) is 3.02. The molecule has 0 saturated carbocycles. The van der Waals surface area contributed by atoms with Crippen LogP contribution in [0.5, 0.6) is 0 Å². The Morgan fingerprint density at radius 2 is 1.94 bits per heavy atom. The van der Waals surface area contributed by atoms with Crippen LogP contribution in [-0.4, -0.2) is 15.8 Å². The predicted molar refractivity (Wildman–Crippen MR) is 66.7 cm³/mol. The molecule has 3 aromatic rings. The monoisotopic (exact) mass is 258 g/mol. The molecular weight excluding hydrogens is 252 g/mol. The number of ketones is 1. The molecular formula is C13H7ClN2O2. The lowest BCUT2D eigenvalue weighted by atomic mass is 10.2. The van der Waals surface area contributed by atoms with Gasteiger partial charge in [0.1, 0.15) is 0 Å². The number of aromatic nitrogens is 2. The zero-order chi connectivity index (χ0) is 12.5. The first-order valence-corrected chi connectivity index (χ1v) is 5.63. The van der Waals surface area contributed by atoms with Gasteiger partial charge in [0, 0.05) is 17.8 Å². The van der Waals surface area contributed by atoms with Crippen molar-refractivity contribution in [2.75, 3.05) is 0 Å². The smallest absolute Gasteiger partial charge is 0.265 e. The molecule has 5 heteroatoms. The van der Waals surface area contributed by atoms with E-state index in [2.05, 4.69) is 9.97 Å². The second-order valence-corrected chi connectivity index (χ2v) is 4.08. The largest absolute Gasteiger partial charge is 0.451 e. The maximum absolute atomic E-state index is 12.1. The molecule has 0 radical (unpaired) electrons. The Hall–Kier alpha value is -2.20. The number of halogens is 1. The third-order valence-corrected chi connectivity index (χ3v) is 2.79. The van der Waals surface area contributed by atoms with Gasteiger partial charge in [0.2, 0.25) is 5.82 Å². The van der Waals surface area contributed by atoms with Crippen LogP contribution >= 0.6 is 11.6 Å². The Balaban J connectivity index is 2.10. The molecule has 2 heterocycles. The van der Waals surface area contributed by atoms with Crippen molar-refractivity contribution in [1.82, 2.24) is 9.97 Å². The minimum Gasteiger partial charge on any atom is -0.451 e. The van der Waals surface area contributed by atoms with E-state index in [4.69, 9.17) is 16.0 Å². The van der Waals surface area contributed by atoms with Crippen molar-refractivity contribution in [3.05, 3.63) is 59.3 Å². The highest BCUT2D eigenvalue weighted by Crippen LogP contribution is 2.27. The van der Waals surface area contributed by atoms with Gasteiger partial charge in [-0.3, -0.25) is 4.79 Å². The van der Waals surface area contributed by atoms with Gasteiger partial charge in [0.25, 0.3) is 5.78 Å². The molecule has 4 nitrogen and oxygen atoms in total. The highest BCUT2D eigenvalue weighted by molar-refractivity contribution is 6.35. The summed E-state index contributed by atoms with van der Waals surface area (Å²) in [7, 11) is 0. The topological polar surface area (TPSA) is 56.0 Å². The third-order valence-electron chi connectivity index (χ3n) is 2.49. The second kappa shape index (κ2) is 4.23. The number of para-hydroxylation sites is 1. The molecule has 3 rings (SSSR count). The van der Waals surface area contributed by atoms with E-state index in [9.17, 15) is 4.79 Å². The van der Waals surface area contributed by atoms with E-state index in [-0.39, 0.29) is 17.4 Å². The predicted octanol–water partition coefficient (Wildman–Crippen LogP) is 3.11. The molecule has 0 fully saturated rings. The first kappa shape index (κ1) is 10.9. The molecule has 0 N–H and O–H groups in total. The fraction of sp³-hybridized carbons (Fsp3) is 0. The third kappa shape index (κ3) is 1.76. The van der Waals surface area contributed by atoms with Gasteiger partial charge in [-0.15, -0.1) is 0 Å². The Labute approximate surface area is 107 Å². The number of hydrogen-bond acceptors (Lipinski definition) is 4. The van der Waals surface area contributed by atoms with E-state index in [0.29, 0.717) is 10.6 Å². The van der Waals surface area contributed by atoms with E-state index in [1.54, 1.807) is 24.3 Å². The first-order chi connectivity index (χ1) is 8.75. The van der Waals surface area contributed by atoms with Gasteiger partial charge in [-0.2, -0.15) is 0 Å². The molecule has 0 amide bonds. The normalized spacial score (nSPS) is 10.7. The Morgan fingerprint density at radius 3 is 2.67 bits per heavy atom. The van der Waals surface area contributed by atoms with Crippen LogP contribution in [0.15, 0.2) is 47.1 Å². The van der Waals surface area contributed by atoms with Crippen LogP contribution in [0.25, 0.3) is 11.0 Å². The molecule has 0 atom stereocenters.